The summed E-state index contributed by atoms with van der Waals surface area (Å²) in [5.74, 6) is 1.65. The summed E-state index contributed by atoms with van der Waals surface area (Å²) in [4.78, 5) is 15.7. The number of aryl methyl sites for hydroxylation is 1. The van der Waals surface area contributed by atoms with Crippen LogP contribution in [0.25, 0.3) is 11.2 Å². The molecule has 1 saturated carbocycles. The quantitative estimate of drug-likeness (QED) is 0.852. The lowest BCUT2D eigenvalue weighted by atomic mass is 9.77. The van der Waals surface area contributed by atoms with Crippen molar-refractivity contribution in [2.24, 2.45) is 18.4 Å². The Morgan fingerprint density at radius 1 is 1.19 bits per heavy atom. The molecule has 0 aliphatic heterocycles. The summed E-state index contributed by atoms with van der Waals surface area (Å²) in [5, 5.41) is 0. The third kappa shape index (κ3) is 2.39. The Hall–Kier alpha value is -1.65. The van der Waals surface area contributed by atoms with Crippen LogP contribution >= 0.6 is 0 Å². The second-order valence-electron chi connectivity index (χ2n) is 7.31. The van der Waals surface area contributed by atoms with Crippen LogP contribution in [0.4, 0.5) is 5.82 Å². The van der Waals surface area contributed by atoms with E-state index in [0.717, 1.165) is 17.0 Å². The van der Waals surface area contributed by atoms with Gasteiger partial charge >= 0.3 is 0 Å². The molecular formula is C16H25N5. The predicted octanol–water partition coefficient (Wildman–Crippen LogP) is 3.01. The minimum absolute atomic E-state index is 0.325. The van der Waals surface area contributed by atoms with Crippen molar-refractivity contribution < 1.29 is 0 Å². The lowest BCUT2D eigenvalue weighted by molar-refractivity contribution is 0.221. The van der Waals surface area contributed by atoms with Gasteiger partial charge in [-0.3, -0.25) is 0 Å². The van der Waals surface area contributed by atoms with Crippen molar-refractivity contribution in [3.63, 3.8) is 0 Å². The number of hydrogen-bond acceptors (Lipinski definition) is 4. The molecule has 0 saturated heterocycles. The van der Waals surface area contributed by atoms with Crippen LogP contribution in [-0.2, 0) is 7.05 Å². The van der Waals surface area contributed by atoms with Crippen molar-refractivity contribution in [2.75, 3.05) is 11.9 Å². The zero-order chi connectivity index (χ0) is 15.2. The zero-order valence-corrected chi connectivity index (χ0v) is 13.7. The molecule has 0 spiro atoms. The standard InChI is InChI=1S/C16H25N5/c1-16(2,3)11-7-6-8-12(11)21(5)15-13-14(17-9-18-15)20(4)10-19-13/h9-12H,6-8H2,1-5H3. The van der Waals surface area contributed by atoms with Gasteiger partial charge in [-0.15, -0.1) is 0 Å². The number of anilines is 1. The molecule has 2 aromatic heterocycles. The minimum Gasteiger partial charge on any atom is -0.354 e. The normalized spacial score (nSPS) is 22.9. The maximum atomic E-state index is 4.52. The maximum absolute atomic E-state index is 4.52. The smallest absolute Gasteiger partial charge is 0.165 e. The van der Waals surface area contributed by atoms with Crippen LogP contribution in [-0.4, -0.2) is 32.6 Å². The van der Waals surface area contributed by atoms with E-state index in [0.29, 0.717) is 17.4 Å². The molecule has 0 aromatic carbocycles. The Balaban J connectivity index is 1.99. The lowest BCUT2D eigenvalue weighted by Crippen LogP contribution is -2.40. The Morgan fingerprint density at radius 3 is 2.67 bits per heavy atom. The fourth-order valence-corrected chi connectivity index (χ4v) is 3.76. The second-order valence-corrected chi connectivity index (χ2v) is 7.31. The number of rotatable bonds is 2. The van der Waals surface area contributed by atoms with E-state index in [4.69, 9.17) is 0 Å². The molecule has 5 nitrogen and oxygen atoms in total. The van der Waals surface area contributed by atoms with Gasteiger partial charge in [-0.1, -0.05) is 27.2 Å². The highest BCUT2D eigenvalue weighted by atomic mass is 15.2. The van der Waals surface area contributed by atoms with Crippen LogP contribution in [0.5, 0.6) is 0 Å². The molecule has 1 aliphatic carbocycles. The highest BCUT2D eigenvalue weighted by Gasteiger charge is 2.38. The van der Waals surface area contributed by atoms with Crippen LogP contribution in [0.3, 0.4) is 0 Å². The summed E-state index contributed by atoms with van der Waals surface area (Å²) >= 11 is 0. The third-order valence-electron chi connectivity index (χ3n) is 4.90. The van der Waals surface area contributed by atoms with Crippen LogP contribution < -0.4 is 4.90 Å². The largest absolute Gasteiger partial charge is 0.354 e. The van der Waals surface area contributed by atoms with E-state index in [1.165, 1.54) is 19.3 Å². The van der Waals surface area contributed by atoms with Gasteiger partial charge in [0.05, 0.1) is 6.33 Å². The molecule has 0 amide bonds. The van der Waals surface area contributed by atoms with Gasteiger partial charge in [0, 0.05) is 20.1 Å². The summed E-state index contributed by atoms with van der Waals surface area (Å²) in [6.45, 7) is 7.04. The number of imidazole rings is 1. The van der Waals surface area contributed by atoms with Crippen molar-refractivity contribution in [1.82, 2.24) is 19.5 Å². The fraction of sp³-hybridized carbons (Fsp3) is 0.688. The lowest BCUT2D eigenvalue weighted by Gasteiger charge is -2.37. The Bertz CT molecular complexity index is 640. The van der Waals surface area contributed by atoms with Gasteiger partial charge in [0.2, 0.25) is 0 Å². The minimum atomic E-state index is 0.325. The fourth-order valence-electron chi connectivity index (χ4n) is 3.76. The van der Waals surface area contributed by atoms with Gasteiger partial charge in [-0.05, 0) is 24.2 Å². The highest BCUT2D eigenvalue weighted by molar-refractivity contribution is 5.83. The van der Waals surface area contributed by atoms with Gasteiger partial charge in [0.25, 0.3) is 0 Å². The molecule has 0 radical (unpaired) electrons. The molecule has 0 bridgehead atoms. The molecule has 5 heteroatoms. The first kappa shape index (κ1) is 14.3. The molecule has 1 fully saturated rings. The zero-order valence-electron chi connectivity index (χ0n) is 13.7. The molecule has 2 atom stereocenters. The molecule has 0 N–H and O–H groups in total. The Labute approximate surface area is 126 Å². The van der Waals surface area contributed by atoms with Gasteiger partial charge in [-0.2, -0.15) is 0 Å². The van der Waals surface area contributed by atoms with E-state index in [1.54, 1.807) is 6.33 Å². The van der Waals surface area contributed by atoms with E-state index in [1.807, 2.05) is 17.9 Å². The number of fused-ring (bicyclic) bond motifs is 1. The first-order valence-corrected chi connectivity index (χ1v) is 7.74. The number of hydrogen-bond donors (Lipinski definition) is 0. The van der Waals surface area contributed by atoms with Crippen LogP contribution in [0.2, 0.25) is 0 Å². The van der Waals surface area contributed by atoms with Crippen molar-refractivity contribution in [3.05, 3.63) is 12.7 Å². The summed E-state index contributed by atoms with van der Waals surface area (Å²) in [7, 11) is 4.13. The monoisotopic (exact) mass is 287 g/mol. The predicted molar refractivity (Wildman–Crippen MR) is 85.3 cm³/mol. The molecule has 2 aromatic rings. The van der Waals surface area contributed by atoms with Crippen molar-refractivity contribution in [1.29, 1.82) is 0 Å². The van der Waals surface area contributed by atoms with Gasteiger partial charge in [0.1, 0.15) is 6.33 Å². The van der Waals surface area contributed by atoms with E-state index in [9.17, 15) is 0 Å². The molecule has 1 aliphatic rings. The number of nitrogens with zero attached hydrogens (tertiary/aromatic N) is 5. The van der Waals surface area contributed by atoms with Crippen molar-refractivity contribution in [2.45, 2.75) is 46.1 Å². The molecule has 2 unspecified atom stereocenters. The topological polar surface area (TPSA) is 46.8 Å². The summed E-state index contributed by atoms with van der Waals surface area (Å²) < 4.78 is 1.95. The number of aromatic nitrogens is 4. The third-order valence-corrected chi connectivity index (χ3v) is 4.90. The summed E-state index contributed by atoms with van der Waals surface area (Å²) in [6.07, 6.45) is 7.29. The molecule has 2 heterocycles. The van der Waals surface area contributed by atoms with Crippen LogP contribution in [0.15, 0.2) is 12.7 Å². The van der Waals surface area contributed by atoms with E-state index >= 15 is 0 Å². The van der Waals surface area contributed by atoms with E-state index in [2.05, 4.69) is 47.7 Å². The first-order chi connectivity index (χ1) is 9.89. The van der Waals surface area contributed by atoms with Gasteiger partial charge in [0.15, 0.2) is 17.0 Å². The van der Waals surface area contributed by atoms with Crippen LogP contribution in [0, 0.1) is 11.3 Å². The van der Waals surface area contributed by atoms with Crippen LogP contribution in [0.1, 0.15) is 40.0 Å². The SMILES string of the molecule is CN(c1ncnc2c1ncn2C)C1CCCC1C(C)(C)C. The van der Waals surface area contributed by atoms with E-state index in [-0.39, 0.29) is 0 Å². The molecule has 114 valence electrons. The highest BCUT2D eigenvalue weighted by Crippen LogP contribution is 2.42. The molecule has 21 heavy (non-hydrogen) atoms. The first-order valence-electron chi connectivity index (χ1n) is 7.74. The van der Waals surface area contributed by atoms with Crippen molar-refractivity contribution >= 4 is 17.0 Å². The second kappa shape index (κ2) is 4.97. The maximum Gasteiger partial charge on any atom is 0.165 e. The summed E-state index contributed by atoms with van der Waals surface area (Å²) in [5.41, 5.74) is 2.13. The van der Waals surface area contributed by atoms with Gasteiger partial charge < -0.3 is 9.47 Å². The molecular weight excluding hydrogens is 262 g/mol. The Kier molecular flexibility index (Phi) is 3.38. The average molecular weight is 287 g/mol. The Morgan fingerprint density at radius 2 is 1.95 bits per heavy atom. The van der Waals surface area contributed by atoms with Crippen molar-refractivity contribution in [3.8, 4) is 0 Å². The summed E-state index contributed by atoms with van der Waals surface area (Å²) in [6, 6.07) is 0.533. The van der Waals surface area contributed by atoms with E-state index < -0.39 is 0 Å². The molecule has 3 rings (SSSR count). The average Bonchev–Trinajstić information content (AvgIpc) is 3.04. The van der Waals surface area contributed by atoms with Gasteiger partial charge in [-0.25, -0.2) is 15.0 Å².